The number of fused-ring (bicyclic) bond motifs is 8. The molecule has 0 fully saturated rings. The van der Waals surface area contributed by atoms with Crippen LogP contribution in [-0.2, 0) is 7.05 Å². The molecule has 244 valence electrons. The Kier molecular flexibility index (Phi) is 7.44. The van der Waals surface area contributed by atoms with E-state index in [0.29, 0.717) is 0 Å². The lowest BCUT2D eigenvalue weighted by Crippen LogP contribution is -2.33. The van der Waals surface area contributed by atoms with Gasteiger partial charge in [0.2, 0.25) is 11.4 Å². The average molecular weight is 658 g/mol. The summed E-state index contributed by atoms with van der Waals surface area (Å²) < 4.78 is 2.33. The molecule has 4 heteroatoms. The maximum atomic E-state index is 5.40. The van der Waals surface area contributed by atoms with Crippen LogP contribution in [-0.4, -0.2) is 15.0 Å². The van der Waals surface area contributed by atoms with Gasteiger partial charge in [-0.1, -0.05) is 120 Å². The van der Waals surface area contributed by atoms with Gasteiger partial charge in [-0.3, -0.25) is 0 Å². The van der Waals surface area contributed by atoms with Crippen molar-refractivity contribution in [3.63, 3.8) is 0 Å². The minimum absolute atomic E-state index is 0.919. The summed E-state index contributed by atoms with van der Waals surface area (Å²) in [5.74, 6) is 0. The van der Waals surface area contributed by atoms with E-state index >= 15 is 0 Å². The molecule has 51 heavy (non-hydrogen) atoms. The Hall–Kier alpha value is -6.52. The number of nitrogens with zero attached hydrogens (tertiary/aromatic N) is 2. The number of aryl methyl sites for hydroxylation is 2. The maximum Gasteiger partial charge on any atom is 0.215 e. The summed E-state index contributed by atoms with van der Waals surface area (Å²) in [4.78, 5) is 13.2. The van der Waals surface area contributed by atoms with Crippen LogP contribution in [0.3, 0.4) is 0 Å². The van der Waals surface area contributed by atoms with Gasteiger partial charge in [-0.05, 0) is 72.5 Å². The van der Waals surface area contributed by atoms with Gasteiger partial charge in [-0.25, -0.2) is 4.98 Å². The van der Waals surface area contributed by atoms with E-state index in [9.17, 15) is 0 Å². The summed E-state index contributed by atoms with van der Waals surface area (Å²) in [6.07, 6.45) is 8.82. The van der Waals surface area contributed by atoms with Crippen molar-refractivity contribution < 1.29 is 4.57 Å². The fraction of sp³-hybridized carbons (Fsp3) is 0.0638. The van der Waals surface area contributed by atoms with Crippen LogP contribution in [0.15, 0.2) is 133 Å². The summed E-state index contributed by atoms with van der Waals surface area (Å²) in [5.41, 5.74) is 19.6. The van der Waals surface area contributed by atoms with Gasteiger partial charge in [0.1, 0.15) is 7.05 Å². The van der Waals surface area contributed by atoms with Crippen molar-refractivity contribution in [2.75, 3.05) is 0 Å². The minimum Gasteiger partial charge on any atom is -0.354 e. The third kappa shape index (κ3) is 5.42. The quantitative estimate of drug-likeness (QED) is 0.182. The molecule has 2 aliphatic rings. The molecule has 3 aromatic heterocycles. The van der Waals surface area contributed by atoms with Crippen LogP contribution in [0.4, 0.5) is 0 Å². The lowest BCUT2D eigenvalue weighted by atomic mass is 10.0. The van der Waals surface area contributed by atoms with Crippen molar-refractivity contribution in [1.82, 2.24) is 15.0 Å². The molecule has 9 rings (SSSR count). The highest BCUT2D eigenvalue weighted by Gasteiger charge is 2.25. The standard InChI is InChI=1S/C47H36N4/c1-30-14-18-34(19-15-30)45-38-23-22-36(48-38)44(32-10-6-4-7-11-32)37-24-27-41(49-37)47(35-20-16-31(2)17-21-35)43-29-28-42(51(43)3)46(33-12-8-5-9-13-33)40-26-25-39(45)50-40/h4-29H,1-3H3,(H,48,49,50)/p+1. The van der Waals surface area contributed by atoms with Crippen molar-refractivity contribution in [3.05, 3.63) is 167 Å². The van der Waals surface area contributed by atoms with Crippen molar-refractivity contribution >= 4 is 46.4 Å². The first-order valence-electron chi connectivity index (χ1n) is 17.4. The molecule has 0 spiro atoms. The zero-order chi connectivity index (χ0) is 34.5. The monoisotopic (exact) mass is 657 g/mol. The third-order valence-electron chi connectivity index (χ3n) is 10.0. The molecule has 0 radical (unpaired) electrons. The Balaban J connectivity index is 1.50. The predicted molar refractivity (Wildman–Crippen MR) is 213 cm³/mol. The zero-order valence-corrected chi connectivity index (χ0v) is 28.9. The molecule has 4 aromatic carbocycles. The minimum atomic E-state index is 0.919. The summed E-state index contributed by atoms with van der Waals surface area (Å²) in [5, 5.41) is 0. The van der Waals surface area contributed by atoms with Gasteiger partial charge in [0.15, 0.2) is 0 Å². The summed E-state index contributed by atoms with van der Waals surface area (Å²) in [6.45, 7) is 4.26. The number of rotatable bonds is 4. The molecule has 0 saturated carbocycles. The van der Waals surface area contributed by atoms with E-state index in [0.717, 1.165) is 89.4 Å². The molecule has 2 N–H and O–H groups in total. The zero-order valence-electron chi connectivity index (χ0n) is 28.9. The van der Waals surface area contributed by atoms with Crippen LogP contribution in [0.25, 0.3) is 90.9 Å². The van der Waals surface area contributed by atoms with Crippen molar-refractivity contribution in [3.8, 4) is 44.5 Å². The fourth-order valence-corrected chi connectivity index (χ4v) is 7.44. The van der Waals surface area contributed by atoms with E-state index in [-0.39, 0.29) is 0 Å². The van der Waals surface area contributed by atoms with E-state index in [4.69, 9.17) is 4.98 Å². The molecular formula is C47H37N4+. The molecule has 0 unspecified atom stereocenters. The van der Waals surface area contributed by atoms with E-state index in [1.165, 1.54) is 11.1 Å². The molecular weight excluding hydrogens is 621 g/mol. The van der Waals surface area contributed by atoms with Crippen LogP contribution in [0.1, 0.15) is 33.9 Å². The van der Waals surface area contributed by atoms with Crippen LogP contribution in [0, 0.1) is 13.8 Å². The van der Waals surface area contributed by atoms with Crippen molar-refractivity contribution in [2.45, 2.75) is 13.8 Å². The van der Waals surface area contributed by atoms with E-state index < -0.39 is 0 Å². The lowest BCUT2D eigenvalue weighted by molar-refractivity contribution is -0.671. The molecule has 5 heterocycles. The Morgan fingerprint density at radius 3 is 1.18 bits per heavy atom. The number of benzene rings is 4. The van der Waals surface area contributed by atoms with Crippen LogP contribution in [0.5, 0.6) is 0 Å². The highest BCUT2D eigenvalue weighted by molar-refractivity contribution is 5.99. The van der Waals surface area contributed by atoms with Crippen molar-refractivity contribution in [1.29, 1.82) is 0 Å². The second-order valence-electron chi connectivity index (χ2n) is 13.4. The van der Waals surface area contributed by atoms with Gasteiger partial charge in [0.05, 0.1) is 33.5 Å². The van der Waals surface area contributed by atoms with E-state index in [1.54, 1.807) is 0 Å². The number of hydrogen-bond acceptors (Lipinski definition) is 1. The van der Waals surface area contributed by atoms with Crippen LogP contribution >= 0.6 is 0 Å². The molecule has 0 atom stereocenters. The molecule has 0 aliphatic carbocycles. The van der Waals surface area contributed by atoms with Gasteiger partial charge in [0, 0.05) is 34.3 Å². The first-order valence-corrected chi connectivity index (χ1v) is 17.4. The van der Waals surface area contributed by atoms with Gasteiger partial charge in [-0.2, -0.15) is 4.57 Å². The molecule has 4 nitrogen and oxygen atoms in total. The topological polar surface area (TPSA) is 48.4 Å². The Morgan fingerprint density at radius 2 is 0.745 bits per heavy atom. The summed E-state index contributed by atoms with van der Waals surface area (Å²) in [7, 11) is 2.18. The molecule has 7 aromatic rings. The van der Waals surface area contributed by atoms with Gasteiger partial charge in [-0.15, -0.1) is 0 Å². The smallest absolute Gasteiger partial charge is 0.215 e. The van der Waals surface area contributed by atoms with Gasteiger partial charge in [0.25, 0.3) is 0 Å². The number of H-pyrrole nitrogens is 2. The van der Waals surface area contributed by atoms with Gasteiger partial charge >= 0.3 is 0 Å². The third-order valence-corrected chi connectivity index (χ3v) is 10.0. The maximum absolute atomic E-state index is 5.40. The van der Waals surface area contributed by atoms with E-state index in [1.807, 2.05) is 0 Å². The largest absolute Gasteiger partial charge is 0.354 e. The lowest BCUT2D eigenvalue weighted by Gasteiger charge is -2.07. The fourth-order valence-electron chi connectivity index (χ4n) is 7.44. The Labute approximate surface area is 297 Å². The number of hydrogen-bond donors (Lipinski definition) is 2. The molecule has 0 amide bonds. The molecule has 8 bridgehead atoms. The summed E-state index contributed by atoms with van der Waals surface area (Å²) >= 11 is 0. The SMILES string of the molecule is Cc1ccc(-c2c3nc(c(-c4ccccc4)c4ccc([nH]4)c(-c4ccc(C)cc4)c4[n+](C)c(c(-c5ccccc5)c5ccc2[nH]5)C=C4)C=C3)cc1. The first-order chi connectivity index (χ1) is 25.0. The highest BCUT2D eigenvalue weighted by atomic mass is 15.0. The molecule has 0 saturated heterocycles. The number of aromatic amines is 2. The molecule has 2 aliphatic heterocycles. The van der Waals surface area contributed by atoms with Crippen LogP contribution in [0.2, 0.25) is 0 Å². The number of aromatic nitrogens is 4. The van der Waals surface area contributed by atoms with Gasteiger partial charge < -0.3 is 9.97 Å². The first kappa shape index (κ1) is 30.5. The normalized spacial score (nSPS) is 12.1. The predicted octanol–water partition coefficient (Wildman–Crippen LogP) is 11.4. The second kappa shape index (κ2) is 12.4. The average Bonchev–Trinajstić information content (AvgIpc) is 3.99. The van der Waals surface area contributed by atoms with Crippen LogP contribution < -0.4 is 4.57 Å². The Bertz CT molecular complexity index is 2670. The van der Waals surface area contributed by atoms with E-state index in [2.05, 4.69) is 193 Å². The second-order valence-corrected chi connectivity index (χ2v) is 13.4. The highest BCUT2D eigenvalue weighted by Crippen LogP contribution is 2.38. The summed E-state index contributed by atoms with van der Waals surface area (Å²) in [6, 6.07) is 47.7. The number of nitrogens with one attached hydrogen (secondary N) is 2. The Morgan fingerprint density at radius 1 is 0.392 bits per heavy atom. The van der Waals surface area contributed by atoms with Crippen molar-refractivity contribution in [2.24, 2.45) is 7.05 Å².